The van der Waals surface area contributed by atoms with Crippen molar-refractivity contribution in [2.24, 2.45) is 5.73 Å². The highest BCUT2D eigenvalue weighted by Gasteiger charge is 2.57. The van der Waals surface area contributed by atoms with Crippen molar-refractivity contribution >= 4 is 0 Å². The van der Waals surface area contributed by atoms with Crippen LogP contribution in [0.4, 0.5) is 0 Å². The third kappa shape index (κ3) is 1.05. The van der Waals surface area contributed by atoms with Crippen LogP contribution in [0.15, 0.2) is 0 Å². The van der Waals surface area contributed by atoms with E-state index >= 15 is 0 Å². The summed E-state index contributed by atoms with van der Waals surface area (Å²) in [4.78, 5) is 0. The third-order valence-electron chi connectivity index (χ3n) is 2.38. The second-order valence-corrected chi connectivity index (χ2v) is 3.10. The minimum absolute atomic E-state index is 0.802. The molecule has 7 N–H and O–H groups in total. The molecule has 0 spiro atoms. The summed E-state index contributed by atoms with van der Waals surface area (Å²) in [6.07, 6.45) is -4.55. The maximum atomic E-state index is 9.43. The summed E-state index contributed by atoms with van der Waals surface area (Å²) >= 11 is 0. The first-order valence-corrected chi connectivity index (χ1v) is 3.58. The van der Waals surface area contributed by atoms with Gasteiger partial charge in [0.2, 0.25) is 0 Å². The fourth-order valence-electron chi connectivity index (χ4n) is 1.39. The van der Waals surface area contributed by atoms with Crippen molar-refractivity contribution in [2.75, 3.05) is 6.61 Å². The molecule has 6 nitrogen and oxygen atoms in total. The monoisotopic (exact) mass is 179 g/mol. The topological polar surface area (TPSA) is 127 Å². The Bertz CT molecular complexity index is 161. The fraction of sp³-hybridized carbons (Fsp3) is 1.00. The van der Waals surface area contributed by atoms with Gasteiger partial charge < -0.3 is 31.3 Å². The summed E-state index contributed by atoms with van der Waals surface area (Å²) in [5.41, 5.74) is 3.25. The Morgan fingerprint density at radius 3 is 1.83 bits per heavy atom. The minimum atomic E-state index is -2.02. The van der Waals surface area contributed by atoms with Crippen molar-refractivity contribution in [1.82, 2.24) is 0 Å². The van der Waals surface area contributed by atoms with Crippen LogP contribution in [-0.2, 0) is 0 Å². The lowest BCUT2D eigenvalue weighted by molar-refractivity contribution is -0.116. The molecule has 1 aliphatic rings. The molecule has 1 fully saturated rings. The zero-order chi connectivity index (χ0) is 9.52. The van der Waals surface area contributed by atoms with E-state index in [2.05, 4.69) is 0 Å². The van der Waals surface area contributed by atoms with Gasteiger partial charge in [-0.2, -0.15) is 0 Å². The van der Waals surface area contributed by atoms with Gasteiger partial charge in [-0.05, 0) is 0 Å². The summed E-state index contributed by atoms with van der Waals surface area (Å²) < 4.78 is 0. The van der Waals surface area contributed by atoms with E-state index in [-0.39, 0.29) is 0 Å². The first kappa shape index (κ1) is 9.85. The molecule has 1 aliphatic carbocycles. The molecule has 0 aromatic carbocycles. The van der Waals surface area contributed by atoms with Crippen LogP contribution in [0, 0.1) is 0 Å². The molecular formula is C6H13NO5. The van der Waals surface area contributed by atoms with Gasteiger partial charge in [0, 0.05) is 0 Å². The highest BCUT2D eigenvalue weighted by atomic mass is 16.4. The number of hydrogen-bond donors (Lipinski definition) is 6. The Balaban J connectivity index is 2.90. The zero-order valence-electron chi connectivity index (χ0n) is 6.33. The van der Waals surface area contributed by atoms with E-state index < -0.39 is 36.6 Å². The first-order chi connectivity index (χ1) is 5.45. The van der Waals surface area contributed by atoms with Gasteiger partial charge in [-0.15, -0.1) is 0 Å². The van der Waals surface area contributed by atoms with E-state index in [1.807, 2.05) is 0 Å². The van der Waals surface area contributed by atoms with Crippen LogP contribution >= 0.6 is 0 Å². The van der Waals surface area contributed by atoms with Crippen molar-refractivity contribution in [3.05, 3.63) is 0 Å². The third-order valence-corrected chi connectivity index (χ3v) is 2.38. The summed E-state index contributed by atoms with van der Waals surface area (Å²) in [6, 6.07) is -1.24. The molecule has 5 atom stereocenters. The lowest BCUT2D eigenvalue weighted by Gasteiger charge is -2.28. The second kappa shape index (κ2) is 2.91. The van der Waals surface area contributed by atoms with Crippen molar-refractivity contribution < 1.29 is 25.5 Å². The molecule has 6 heteroatoms. The molecule has 0 heterocycles. The zero-order valence-corrected chi connectivity index (χ0v) is 6.33. The average Bonchev–Trinajstić information content (AvgIpc) is 2.22. The number of nitrogens with two attached hydrogens (primary N) is 1. The molecule has 0 aromatic rings. The fourth-order valence-corrected chi connectivity index (χ4v) is 1.39. The number of rotatable bonds is 1. The molecule has 72 valence electrons. The van der Waals surface area contributed by atoms with Crippen molar-refractivity contribution in [1.29, 1.82) is 0 Å². The van der Waals surface area contributed by atoms with Crippen LogP contribution in [0.5, 0.6) is 0 Å². The lowest BCUT2D eigenvalue weighted by atomic mass is 9.97. The van der Waals surface area contributed by atoms with E-state index in [1.54, 1.807) is 0 Å². The predicted octanol–water partition coefficient (Wildman–Crippen LogP) is -3.87. The van der Waals surface area contributed by atoms with Gasteiger partial charge in [0.05, 0.1) is 12.6 Å². The summed E-state index contributed by atoms with van der Waals surface area (Å²) in [7, 11) is 0. The quantitative estimate of drug-likeness (QED) is 0.244. The molecule has 12 heavy (non-hydrogen) atoms. The Hall–Kier alpha value is -0.240. The van der Waals surface area contributed by atoms with Crippen LogP contribution < -0.4 is 5.73 Å². The highest BCUT2D eigenvalue weighted by molar-refractivity contribution is 5.11. The maximum absolute atomic E-state index is 9.43. The first-order valence-electron chi connectivity index (χ1n) is 3.58. The molecule has 0 amide bonds. The molecular weight excluding hydrogens is 166 g/mol. The van der Waals surface area contributed by atoms with E-state index in [4.69, 9.17) is 26.2 Å². The number of aliphatic hydroxyl groups is 5. The van der Waals surface area contributed by atoms with Gasteiger partial charge >= 0.3 is 0 Å². The van der Waals surface area contributed by atoms with Gasteiger partial charge in [0.1, 0.15) is 23.9 Å². The predicted molar refractivity (Wildman–Crippen MR) is 38.0 cm³/mol. The molecule has 0 aliphatic heterocycles. The van der Waals surface area contributed by atoms with Crippen molar-refractivity contribution in [3.63, 3.8) is 0 Å². The highest BCUT2D eigenvalue weighted by Crippen LogP contribution is 2.29. The van der Waals surface area contributed by atoms with Gasteiger partial charge in [-0.3, -0.25) is 0 Å². The normalized spacial score (nSPS) is 54.5. The number of aliphatic hydroxyl groups excluding tert-OH is 4. The SMILES string of the molecule is N[C@@H]1[C@H](O)[C@@H](O)[C@@H](O)[C@@]1(O)CO. The summed E-state index contributed by atoms with van der Waals surface area (Å²) in [6.45, 7) is -0.802. The van der Waals surface area contributed by atoms with Gasteiger partial charge in [0.15, 0.2) is 0 Å². The van der Waals surface area contributed by atoms with Gasteiger partial charge in [0.25, 0.3) is 0 Å². The van der Waals surface area contributed by atoms with Gasteiger partial charge in [-0.1, -0.05) is 0 Å². The average molecular weight is 179 g/mol. The minimum Gasteiger partial charge on any atom is -0.393 e. The van der Waals surface area contributed by atoms with Crippen LogP contribution in [0.1, 0.15) is 0 Å². The Kier molecular flexibility index (Phi) is 2.39. The van der Waals surface area contributed by atoms with Crippen LogP contribution in [0.3, 0.4) is 0 Å². The van der Waals surface area contributed by atoms with Crippen LogP contribution in [0.25, 0.3) is 0 Å². The van der Waals surface area contributed by atoms with E-state index in [0.717, 1.165) is 0 Å². The molecule has 0 radical (unpaired) electrons. The molecule has 0 unspecified atom stereocenters. The summed E-state index contributed by atoms with van der Waals surface area (Å²) in [5.74, 6) is 0. The lowest BCUT2D eigenvalue weighted by Crippen LogP contribution is -2.55. The van der Waals surface area contributed by atoms with Gasteiger partial charge in [-0.25, -0.2) is 0 Å². The summed E-state index contributed by atoms with van der Waals surface area (Å²) in [5, 5.41) is 45.4. The molecule has 1 saturated carbocycles. The molecule has 1 rings (SSSR count). The van der Waals surface area contributed by atoms with E-state index in [0.29, 0.717) is 0 Å². The van der Waals surface area contributed by atoms with E-state index in [1.165, 1.54) is 0 Å². The van der Waals surface area contributed by atoms with Crippen molar-refractivity contribution in [2.45, 2.75) is 30.0 Å². The van der Waals surface area contributed by atoms with Crippen molar-refractivity contribution in [3.8, 4) is 0 Å². The largest absolute Gasteiger partial charge is 0.393 e. The molecule has 0 saturated heterocycles. The Morgan fingerprint density at radius 1 is 1.17 bits per heavy atom. The molecule has 0 bridgehead atoms. The second-order valence-electron chi connectivity index (χ2n) is 3.10. The smallest absolute Gasteiger partial charge is 0.134 e. The Morgan fingerprint density at radius 2 is 1.67 bits per heavy atom. The molecule has 0 aromatic heterocycles. The maximum Gasteiger partial charge on any atom is 0.134 e. The van der Waals surface area contributed by atoms with Crippen LogP contribution in [0.2, 0.25) is 0 Å². The van der Waals surface area contributed by atoms with Crippen LogP contribution in [-0.4, -0.2) is 62.1 Å². The standard InChI is InChI=1S/C6H13NO5/c7-4-2(9)3(10)5(11)6(4,12)1-8/h2-5,8-12H,1,7H2/t2-,3-,4-,5-,6-/m1/s1. The number of hydrogen-bond acceptors (Lipinski definition) is 6. The Labute approximate surface area is 68.9 Å². The van der Waals surface area contributed by atoms with E-state index in [9.17, 15) is 5.11 Å².